The maximum absolute atomic E-state index is 5.91. The van der Waals surface area contributed by atoms with Gasteiger partial charge in [0.05, 0.1) is 14.2 Å². The number of aromatic nitrogens is 2. The van der Waals surface area contributed by atoms with E-state index in [4.69, 9.17) is 31.3 Å². The minimum atomic E-state index is 0. The molecule has 0 fully saturated rings. The van der Waals surface area contributed by atoms with Crippen LogP contribution in [-0.2, 0) is 6.54 Å². The van der Waals surface area contributed by atoms with Crippen molar-refractivity contribution in [3.63, 3.8) is 0 Å². The smallest absolute Gasteiger partial charge is 0.248 e. The fourth-order valence-corrected chi connectivity index (χ4v) is 2.42. The highest BCUT2D eigenvalue weighted by molar-refractivity contribution is 14.0. The van der Waals surface area contributed by atoms with E-state index in [2.05, 4.69) is 20.4 Å². The second-order valence-electron chi connectivity index (χ2n) is 5.41. The number of benzene rings is 2. The molecule has 8 nitrogen and oxygen atoms in total. The Kier molecular flexibility index (Phi) is 7.88. The standard InChI is InChI=1S/C18H18ClN5O3.HI/c1-25-14-8-7-13(9-15(14)26-2)22-18(20)21-10-16-23-17(24-27-16)11-3-5-12(19)6-4-11;/h3-9H,10H2,1-2H3,(H3,20,21,22);1H. The number of ether oxygens (including phenoxy) is 2. The van der Waals surface area contributed by atoms with Crippen molar-refractivity contribution < 1.29 is 14.0 Å². The van der Waals surface area contributed by atoms with Crippen molar-refractivity contribution in [3.8, 4) is 22.9 Å². The van der Waals surface area contributed by atoms with Gasteiger partial charge in [0.1, 0.15) is 6.54 Å². The summed E-state index contributed by atoms with van der Waals surface area (Å²) < 4.78 is 15.6. The summed E-state index contributed by atoms with van der Waals surface area (Å²) in [4.78, 5) is 8.49. The maximum atomic E-state index is 5.91. The van der Waals surface area contributed by atoms with Gasteiger partial charge in [0.25, 0.3) is 0 Å². The third-order valence-corrected chi connectivity index (χ3v) is 3.86. The number of rotatable bonds is 6. The average molecular weight is 516 g/mol. The summed E-state index contributed by atoms with van der Waals surface area (Å²) in [6.45, 7) is 0.146. The van der Waals surface area contributed by atoms with Crippen molar-refractivity contribution in [2.24, 2.45) is 10.7 Å². The van der Waals surface area contributed by atoms with Gasteiger partial charge in [-0.2, -0.15) is 4.98 Å². The van der Waals surface area contributed by atoms with Crippen molar-refractivity contribution in [1.29, 1.82) is 0 Å². The van der Waals surface area contributed by atoms with Crippen molar-refractivity contribution in [1.82, 2.24) is 10.1 Å². The quantitative estimate of drug-likeness (QED) is 0.291. The Morgan fingerprint density at radius 1 is 1.14 bits per heavy atom. The Bertz CT molecular complexity index is 947. The van der Waals surface area contributed by atoms with Gasteiger partial charge in [0, 0.05) is 22.3 Å². The Balaban J connectivity index is 0.00000280. The van der Waals surface area contributed by atoms with E-state index in [0.29, 0.717) is 33.9 Å². The number of nitrogens with one attached hydrogen (secondary N) is 1. The van der Waals surface area contributed by atoms with Crippen molar-refractivity contribution in [3.05, 3.63) is 53.4 Å². The number of hydrogen-bond acceptors (Lipinski definition) is 6. The minimum Gasteiger partial charge on any atom is -0.493 e. The van der Waals surface area contributed by atoms with Crippen LogP contribution in [0.5, 0.6) is 11.5 Å². The van der Waals surface area contributed by atoms with E-state index >= 15 is 0 Å². The zero-order valence-corrected chi connectivity index (χ0v) is 18.3. The average Bonchev–Trinajstić information content (AvgIpc) is 3.16. The van der Waals surface area contributed by atoms with Gasteiger partial charge in [-0.15, -0.1) is 24.0 Å². The van der Waals surface area contributed by atoms with Gasteiger partial charge in [0.2, 0.25) is 11.7 Å². The highest BCUT2D eigenvalue weighted by atomic mass is 127. The molecule has 2 aromatic carbocycles. The number of nitrogens with two attached hydrogens (primary N) is 1. The molecule has 0 bridgehead atoms. The van der Waals surface area contributed by atoms with E-state index in [1.54, 1.807) is 44.6 Å². The third kappa shape index (κ3) is 5.49. The Labute approximate surface area is 184 Å². The summed E-state index contributed by atoms with van der Waals surface area (Å²) in [5, 5.41) is 7.54. The lowest BCUT2D eigenvalue weighted by Gasteiger charge is -2.10. The molecule has 28 heavy (non-hydrogen) atoms. The predicted molar refractivity (Wildman–Crippen MR) is 119 cm³/mol. The molecule has 1 heterocycles. The van der Waals surface area contributed by atoms with Crippen molar-refractivity contribution in [2.75, 3.05) is 19.5 Å². The molecule has 0 aliphatic heterocycles. The zero-order valence-electron chi connectivity index (χ0n) is 15.2. The lowest BCUT2D eigenvalue weighted by Crippen LogP contribution is -2.22. The molecule has 0 saturated heterocycles. The molecule has 0 radical (unpaired) electrons. The number of methoxy groups -OCH3 is 2. The zero-order chi connectivity index (χ0) is 19.2. The van der Waals surface area contributed by atoms with Gasteiger partial charge in [-0.3, -0.25) is 0 Å². The molecule has 0 aliphatic rings. The first-order valence-corrected chi connectivity index (χ1v) is 8.34. The van der Waals surface area contributed by atoms with Crippen LogP contribution in [0.15, 0.2) is 52.0 Å². The Hall–Kier alpha value is -2.53. The fraction of sp³-hybridized carbons (Fsp3) is 0.167. The van der Waals surface area contributed by atoms with Crippen LogP contribution >= 0.6 is 35.6 Å². The van der Waals surface area contributed by atoms with E-state index in [1.165, 1.54) is 0 Å². The minimum absolute atomic E-state index is 0. The maximum Gasteiger partial charge on any atom is 0.248 e. The molecule has 3 aromatic rings. The fourth-order valence-electron chi connectivity index (χ4n) is 2.29. The molecule has 0 saturated carbocycles. The largest absolute Gasteiger partial charge is 0.493 e. The van der Waals surface area contributed by atoms with E-state index in [0.717, 1.165) is 5.56 Å². The predicted octanol–water partition coefficient (Wildman–Crippen LogP) is 3.95. The normalized spacial score (nSPS) is 10.9. The van der Waals surface area contributed by atoms with Crippen LogP contribution in [0, 0.1) is 0 Å². The molecule has 0 aliphatic carbocycles. The highest BCUT2D eigenvalue weighted by Gasteiger charge is 2.09. The van der Waals surface area contributed by atoms with Crippen LogP contribution in [0.3, 0.4) is 0 Å². The van der Waals surface area contributed by atoms with Crippen LogP contribution in [0.1, 0.15) is 5.89 Å². The third-order valence-electron chi connectivity index (χ3n) is 3.61. The molecule has 148 valence electrons. The SMILES string of the molecule is COc1ccc(NC(N)=NCc2nc(-c3ccc(Cl)cc3)no2)cc1OC.I. The van der Waals surface area contributed by atoms with Crippen LogP contribution in [0.4, 0.5) is 5.69 Å². The van der Waals surface area contributed by atoms with Gasteiger partial charge in [-0.05, 0) is 36.4 Å². The number of aliphatic imine (C=N–C) groups is 1. The number of halogens is 2. The van der Waals surface area contributed by atoms with E-state index < -0.39 is 0 Å². The summed E-state index contributed by atoms with van der Waals surface area (Å²) in [5.41, 5.74) is 7.42. The van der Waals surface area contributed by atoms with E-state index in [-0.39, 0.29) is 36.5 Å². The van der Waals surface area contributed by atoms with Crippen molar-refractivity contribution in [2.45, 2.75) is 6.54 Å². The van der Waals surface area contributed by atoms with Crippen LogP contribution in [-0.4, -0.2) is 30.3 Å². The van der Waals surface area contributed by atoms with Crippen LogP contribution in [0.25, 0.3) is 11.4 Å². The molecule has 3 N–H and O–H groups in total. The van der Waals surface area contributed by atoms with Gasteiger partial charge in [0.15, 0.2) is 17.5 Å². The number of hydrogen-bond donors (Lipinski definition) is 2. The summed E-state index contributed by atoms with van der Waals surface area (Å²) in [6.07, 6.45) is 0. The molecule has 1 aromatic heterocycles. The number of guanidine groups is 1. The molecular weight excluding hydrogens is 497 g/mol. The molecule has 0 unspecified atom stereocenters. The second kappa shape index (κ2) is 10.1. The van der Waals surface area contributed by atoms with Crippen molar-refractivity contribution >= 4 is 47.2 Å². The summed E-state index contributed by atoms with van der Waals surface area (Å²) >= 11 is 5.87. The van der Waals surface area contributed by atoms with Gasteiger partial charge >= 0.3 is 0 Å². The first kappa shape index (κ1) is 21.8. The van der Waals surface area contributed by atoms with Gasteiger partial charge in [-0.1, -0.05) is 16.8 Å². The summed E-state index contributed by atoms with van der Waals surface area (Å²) in [7, 11) is 3.14. The first-order valence-electron chi connectivity index (χ1n) is 7.96. The van der Waals surface area contributed by atoms with Gasteiger partial charge < -0.3 is 25.0 Å². The Morgan fingerprint density at radius 3 is 2.54 bits per heavy atom. The highest BCUT2D eigenvalue weighted by Crippen LogP contribution is 2.29. The molecule has 3 rings (SSSR count). The summed E-state index contributed by atoms with van der Waals surface area (Å²) in [5.74, 6) is 2.22. The Morgan fingerprint density at radius 2 is 1.86 bits per heavy atom. The molecular formula is C18H19ClIN5O3. The van der Waals surface area contributed by atoms with Crippen LogP contribution in [0.2, 0.25) is 5.02 Å². The van der Waals surface area contributed by atoms with E-state index in [1.807, 2.05) is 12.1 Å². The topological polar surface area (TPSA) is 108 Å². The second-order valence-corrected chi connectivity index (χ2v) is 5.85. The lowest BCUT2D eigenvalue weighted by atomic mass is 10.2. The summed E-state index contributed by atoms with van der Waals surface area (Å²) in [6, 6.07) is 12.5. The number of nitrogens with zero attached hydrogens (tertiary/aromatic N) is 3. The van der Waals surface area contributed by atoms with E-state index in [9.17, 15) is 0 Å². The lowest BCUT2D eigenvalue weighted by molar-refractivity contribution is 0.355. The molecule has 0 amide bonds. The molecule has 10 heteroatoms. The molecule has 0 atom stereocenters. The van der Waals surface area contributed by atoms with Gasteiger partial charge in [-0.25, -0.2) is 4.99 Å². The number of anilines is 1. The first-order chi connectivity index (χ1) is 13.1. The molecule has 0 spiro atoms. The van der Waals surface area contributed by atoms with Crippen LogP contribution < -0.4 is 20.5 Å². The monoisotopic (exact) mass is 515 g/mol.